The van der Waals surface area contributed by atoms with Gasteiger partial charge in [0.05, 0.1) is 5.69 Å². The average Bonchev–Trinajstić information content (AvgIpc) is 3.49. The molecule has 0 radical (unpaired) electrons. The zero-order valence-corrected chi connectivity index (χ0v) is 29.6. The molecule has 0 bridgehead atoms. The molecule has 10 rings (SSSR count). The summed E-state index contributed by atoms with van der Waals surface area (Å²) in [6.07, 6.45) is 0. The van der Waals surface area contributed by atoms with E-state index in [-0.39, 0.29) is 5.41 Å². The molecule has 0 amide bonds. The third kappa shape index (κ3) is 5.00. The van der Waals surface area contributed by atoms with Crippen LogP contribution in [0.25, 0.3) is 54.9 Å². The van der Waals surface area contributed by atoms with Crippen LogP contribution < -0.4 is 4.90 Å². The fourth-order valence-electron chi connectivity index (χ4n) is 8.76. The van der Waals surface area contributed by atoms with E-state index in [1.54, 1.807) is 0 Å². The molecule has 0 N–H and O–H groups in total. The fraction of sp³-hybridized carbons (Fsp3) is 0.0385. The summed E-state index contributed by atoms with van der Waals surface area (Å²) >= 11 is 0. The molecule has 0 heterocycles. The molecule has 0 saturated heterocycles. The fourth-order valence-corrected chi connectivity index (χ4v) is 8.76. The zero-order chi connectivity index (χ0) is 35.4. The van der Waals surface area contributed by atoms with Crippen molar-refractivity contribution in [2.75, 3.05) is 4.90 Å². The molecule has 1 atom stereocenters. The van der Waals surface area contributed by atoms with E-state index in [1.807, 2.05) is 0 Å². The van der Waals surface area contributed by atoms with Crippen molar-refractivity contribution in [1.82, 2.24) is 0 Å². The van der Waals surface area contributed by atoms with Gasteiger partial charge in [0, 0.05) is 22.4 Å². The summed E-state index contributed by atoms with van der Waals surface area (Å²) in [5, 5.41) is 4.93. The van der Waals surface area contributed by atoms with Crippen LogP contribution in [0.4, 0.5) is 17.1 Å². The predicted octanol–water partition coefficient (Wildman–Crippen LogP) is 14.1. The Labute approximate surface area is 311 Å². The van der Waals surface area contributed by atoms with Crippen LogP contribution in [0.3, 0.4) is 0 Å². The maximum atomic E-state index is 2.47. The summed E-state index contributed by atoms with van der Waals surface area (Å²) in [7, 11) is 0. The van der Waals surface area contributed by atoms with Gasteiger partial charge in [-0.25, -0.2) is 0 Å². The van der Waals surface area contributed by atoms with Gasteiger partial charge in [-0.15, -0.1) is 0 Å². The van der Waals surface area contributed by atoms with Gasteiger partial charge in [0.15, 0.2) is 0 Å². The third-order valence-electron chi connectivity index (χ3n) is 11.3. The molecule has 1 nitrogen and oxygen atoms in total. The van der Waals surface area contributed by atoms with E-state index in [4.69, 9.17) is 0 Å². The van der Waals surface area contributed by atoms with Crippen LogP contribution in [-0.2, 0) is 5.41 Å². The minimum Gasteiger partial charge on any atom is -0.310 e. The van der Waals surface area contributed by atoms with Crippen LogP contribution in [0, 0.1) is 0 Å². The normalized spacial score (nSPS) is 14.6. The monoisotopic (exact) mass is 675 g/mol. The zero-order valence-electron chi connectivity index (χ0n) is 29.6. The molecule has 53 heavy (non-hydrogen) atoms. The number of benzene rings is 9. The van der Waals surface area contributed by atoms with Crippen molar-refractivity contribution >= 4 is 38.6 Å². The van der Waals surface area contributed by atoms with Gasteiger partial charge in [-0.05, 0) is 103 Å². The first kappa shape index (κ1) is 31.1. The van der Waals surface area contributed by atoms with Crippen LogP contribution in [0.5, 0.6) is 0 Å². The second kappa shape index (κ2) is 12.5. The molecule has 0 aromatic heterocycles. The van der Waals surface area contributed by atoms with Gasteiger partial charge >= 0.3 is 0 Å². The minimum atomic E-state index is -0.308. The van der Waals surface area contributed by atoms with E-state index in [0.29, 0.717) is 0 Å². The van der Waals surface area contributed by atoms with Crippen molar-refractivity contribution in [1.29, 1.82) is 0 Å². The van der Waals surface area contributed by atoms with Crippen molar-refractivity contribution < 1.29 is 0 Å². The molecule has 1 aliphatic carbocycles. The van der Waals surface area contributed by atoms with Crippen LogP contribution in [-0.4, -0.2) is 0 Å². The summed E-state index contributed by atoms with van der Waals surface area (Å²) in [6.45, 7) is 2.40. The molecule has 0 saturated carbocycles. The maximum absolute atomic E-state index is 2.47. The Morgan fingerprint density at radius 2 is 0.925 bits per heavy atom. The summed E-state index contributed by atoms with van der Waals surface area (Å²) in [4.78, 5) is 2.47. The third-order valence-corrected chi connectivity index (χ3v) is 11.3. The Hall–Kier alpha value is -6.70. The highest BCUT2D eigenvalue weighted by molar-refractivity contribution is 6.09. The summed E-state index contributed by atoms with van der Waals surface area (Å²) in [5.41, 5.74) is 14.5. The first-order valence-electron chi connectivity index (χ1n) is 18.4. The lowest BCUT2D eigenvalue weighted by atomic mass is 9.74. The van der Waals surface area contributed by atoms with E-state index in [2.05, 4.69) is 218 Å². The van der Waals surface area contributed by atoms with E-state index in [0.717, 1.165) is 17.1 Å². The van der Waals surface area contributed by atoms with Gasteiger partial charge in [0.2, 0.25) is 0 Å². The molecular weight excluding hydrogens is 639 g/mol. The Morgan fingerprint density at radius 3 is 1.74 bits per heavy atom. The van der Waals surface area contributed by atoms with Crippen LogP contribution in [0.2, 0.25) is 0 Å². The SMILES string of the molecule is CC1(c2ccccc2)c2ccccc2-c2ccc(N(c3ccc4ccccc4c3)c3ccccc3-c3cccc4cccc(-c5ccccc5)c34)cc21. The van der Waals surface area contributed by atoms with Gasteiger partial charge < -0.3 is 4.90 Å². The highest BCUT2D eigenvalue weighted by atomic mass is 15.1. The quantitative estimate of drug-likeness (QED) is 0.170. The second-order valence-electron chi connectivity index (χ2n) is 14.2. The highest BCUT2D eigenvalue weighted by Gasteiger charge is 2.41. The highest BCUT2D eigenvalue weighted by Crippen LogP contribution is 2.54. The second-order valence-corrected chi connectivity index (χ2v) is 14.2. The first-order chi connectivity index (χ1) is 26.2. The predicted molar refractivity (Wildman–Crippen MR) is 224 cm³/mol. The average molecular weight is 676 g/mol. The van der Waals surface area contributed by atoms with Crippen molar-refractivity contribution in [2.24, 2.45) is 0 Å². The van der Waals surface area contributed by atoms with E-state index >= 15 is 0 Å². The molecule has 1 unspecified atom stereocenters. The molecular formula is C52H37N. The molecule has 0 fully saturated rings. The lowest BCUT2D eigenvalue weighted by Gasteiger charge is -2.32. The Bertz CT molecular complexity index is 2790. The lowest BCUT2D eigenvalue weighted by Crippen LogP contribution is -2.22. The number of hydrogen-bond acceptors (Lipinski definition) is 1. The largest absolute Gasteiger partial charge is 0.310 e. The molecule has 1 heteroatoms. The number of nitrogens with zero attached hydrogens (tertiary/aromatic N) is 1. The minimum absolute atomic E-state index is 0.308. The van der Waals surface area contributed by atoms with E-state index < -0.39 is 0 Å². The Balaban J connectivity index is 1.24. The number of para-hydroxylation sites is 1. The van der Waals surface area contributed by atoms with E-state index in [1.165, 1.54) is 71.6 Å². The standard InChI is InChI=1S/C52H37N/c1-52(40-22-6-3-7-23-40)48-28-12-10-24-44(48)45-33-32-42(35-49(45)52)53(41-31-30-36-16-8-9-19-39(36)34-41)50-29-13-11-25-46(50)47-27-15-21-38-20-14-26-43(51(38)47)37-17-4-2-5-18-37/h2-35H,1H3. The van der Waals surface area contributed by atoms with Crippen LogP contribution >= 0.6 is 0 Å². The first-order valence-corrected chi connectivity index (χ1v) is 18.4. The number of fused-ring (bicyclic) bond motifs is 5. The molecule has 0 aliphatic heterocycles. The van der Waals surface area contributed by atoms with Gasteiger partial charge in [0.25, 0.3) is 0 Å². The topological polar surface area (TPSA) is 3.24 Å². The van der Waals surface area contributed by atoms with Crippen molar-refractivity contribution in [2.45, 2.75) is 12.3 Å². The van der Waals surface area contributed by atoms with Crippen molar-refractivity contribution in [3.63, 3.8) is 0 Å². The molecule has 1 aliphatic rings. The van der Waals surface area contributed by atoms with E-state index in [9.17, 15) is 0 Å². The smallest absolute Gasteiger partial charge is 0.0540 e. The Morgan fingerprint density at radius 1 is 0.358 bits per heavy atom. The van der Waals surface area contributed by atoms with Crippen molar-refractivity contribution in [3.05, 3.63) is 223 Å². The summed E-state index contributed by atoms with van der Waals surface area (Å²) in [5.74, 6) is 0. The van der Waals surface area contributed by atoms with Gasteiger partial charge in [-0.2, -0.15) is 0 Å². The lowest BCUT2D eigenvalue weighted by molar-refractivity contribution is 0.714. The maximum Gasteiger partial charge on any atom is 0.0540 e. The summed E-state index contributed by atoms with van der Waals surface area (Å²) < 4.78 is 0. The van der Waals surface area contributed by atoms with Gasteiger partial charge in [-0.3, -0.25) is 0 Å². The molecule has 9 aromatic carbocycles. The number of anilines is 3. The van der Waals surface area contributed by atoms with Crippen molar-refractivity contribution in [3.8, 4) is 33.4 Å². The molecule has 250 valence electrons. The number of rotatable bonds is 6. The molecule has 9 aromatic rings. The van der Waals surface area contributed by atoms with Crippen LogP contribution in [0.15, 0.2) is 206 Å². The van der Waals surface area contributed by atoms with Gasteiger partial charge in [-0.1, -0.05) is 176 Å². The van der Waals surface area contributed by atoms with Gasteiger partial charge in [0.1, 0.15) is 0 Å². The summed E-state index contributed by atoms with van der Waals surface area (Å²) in [6, 6.07) is 75.6. The Kier molecular flexibility index (Phi) is 7.33. The molecule has 0 spiro atoms. The van der Waals surface area contributed by atoms with Crippen LogP contribution in [0.1, 0.15) is 23.6 Å². The number of hydrogen-bond donors (Lipinski definition) is 0.